The Kier molecular flexibility index (Phi) is 5.76. The summed E-state index contributed by atoms with van der Waals surface area (Å²) in [5, 5.41) is 3.63. The normalized spacial score (nSPS) is 11.2. The second-order valence-corrected chi connectivity index (χ2v) is 5.88. The third kappa shape index (κ3) is 5.10. The Balaban J connectivity index is 1.89. The maximum atomic E-state index is 11.7. The number of oxime groups is 1. The van der Waals surface area contributed by atoms with Gasteiger partial charge >= 0.3 is 5.97 Å². The van der Waals surface area contributed by atoms with Gasteiger partial charge in [-0.05, 0) is 47.5 Å². The van der Waals surface area contributed by atoms with E-state index in [0.717, 1.165) is 15.6 Å². The molecule has 23 heavy (non-hydrogen) atoms. The van der Waals surface area contributed by atoms with Crippen molar-refractivity contribution in [2.45, 2.75) is 13.8 Å². The molecular weight excluding hydrogens is 360 g/mol. The SMILES string of the molecule is Cc1ccc(/C(N)=N\OC(=O)COc2ccc(C)cc2Br)cc1. The lowest BCUT2D eigenvalue weighted by Crippen LogP contribution is -2.18. The van der Waals surface area contributed by atoms with Gasteiger partial charge in [0.2, 0.25) is 0 Å². The number of hydrogen-bond donors (Lipinski definition) is 1. The topological polar surface area (TPSA) is 73.9 Å². The van der Waals surface area contributed by atoms with Crippen molar-refractivity contribution in [3.05, 3.63) is 63.6 Å². The zero-order valence-corrected chi connectivity index (χ0v) is 14.5. The molecule has 0 aliphatic carbocycles. The number of carbonyl (C=O) groups excluding carboxylic acids is 1. The van der Waals surface area contributed by atoms with E-state index in [1.807, 2.05) is 50.2 Å². The summed E-state index contributed by atoms with van der Waals surface area (Å²) in [6.07, 6.45) is 0. The molecule has 0 aromatic heterocycles. The Bertz CT molecular complexity index is 727. The van der Waals surface area contributed by atoms with Crippen molar-refractivity contribution in [3.63, 3.8) is 0 Å². The van der Waals surface area contributed by atoms with Crippen LogP contribution >= 0.6 is 15.9 Å². The molecule has 6 heteroatoms. The molecule has 0 bridgehead atoms. The monoisotopic (exact) mass is 376 g/mol. The molecule has 0 fully saturated rings. The van der Waals surface area contributed by atoms with Crippen LogP contribution in [-0.2, 0) is 9.63 Å². The van der Waals surface area contributed by atoms with Gasteiger partial charge in [-0.15, -0.1) is 0 Å². The van der Waals surface area contributed by atoms with Gasteiger partial charge in [0, 0.05) is 5.56 Å². The standard InChI is InChI=1S/C17H17BrN2O3/c1-11-3-6-13(7-4-11)17(19)20-23-16(21)10-22-15-8-5-12(2)9-14(15)18/h3-9H,10H2,1-2H3,(H2,19,20). The molecule has 0 unspecified atom stereocenters. The van der Waals surface area contributed by atoms with E-state index >= 15 is 0 Å². The number of ether oxygens (including phenoxy) is 1. The largest absolute Gasteiger partial charge is 0.481 e. The first-order chi connectivity index (χ1) is 11.0. The second-order valence-electron chi connectivity index (χ2n) is 5.03. The first-order valence-electron chi connectivity index (χ1n) is 6.95. The summed E-state index contributed by atoms with van der Waals surface area (Å²) in [4.78, 5) is 16.4. The minimum absolute atomic E-state index is 0.134. The number of amidine groups is 1. The highest BCUT2D eigenvalue weighted by Gasteiger charge is 2.08. The predicted octanol–water partition coefficient (Wildman–Crippen LogP) is 3.31. The molecule has 0 atom stereocenters. The zero-order valence-electron chi connectivity index (χ0n) is 12.9. The molecule has 120 valence electrons. The van der Waals surface area contributed by atoms with Crippen LogP contribution in [0.3, 0.4) is 0 Å². The number of hydrogen-bond acceptors (Lipinski definition) is 4. The first-order valence-corrected chi connectivity index (χ1v) is 7.74. The van der Waals surface area contributed by atoms with Crippen molar-refractivity contribution < 1.29 is 14.4 Å². The fraction of sp³-hybridized carbons (Fsp3) is 0.176. The molecule has 0 heterocycles. The van der Waals surface area contributed by atoms with Crippen LogP contribution in [0.4, 0.5) is 0 Å². The van der Waals surface area contributed by atoms with E-state index < -0.39 is 5.97 Å². The molecule has 0 aliphatic heterocycles. The minimum atomic E-state index is -0.632. The van der Waals surface area contributed by atoms with Crippen molar-refractivity contribution in [2.24, 2.45) is 10.9 Å². The number of nitrogens with two attached hydrogens (primary N) is 1. The molecule has 0 spiro atoms. The molecule has 2 N–H and O–H groups in total. The third-order valence-electron chi connectivity index (χ3n) is 3.03. The Morgan fingerprint density at radius 2 is 1.78 bits per heavy atom. The first kappa shape index (κ1) is 17.0. The van der Waals surface area contributed by atoms with Crippen LogP contribution in [0.5, 0.6) is 5.75 Å². The van der Waals surface area contributed by atoms with Crippen molar-refractivity contribution in [3.8, 4) is 5.75 Å². The van der Waals surface area contributed by atoms with Gasteiger partial charge in [-0.1, -0.05) is 41.1 Å². The molecule has 2 aromatic carbocycles. The lowest BCUT2D eigenvalue weighted by atomic mass is 10.1. The lowest BCUT2D eigenvalue weighted by molar-refractivity contribution is -0.146. The molecule has 2 aromatic rings. The number of carbonyl (C=O) groups is 1. The van der Waals surface area contributed by atoms with Crippen LogP contribution in [0, 0.1) is 13.8 Å². The van der Waals surface area contributed by atoms with Gasteiger partial charge in [-0.3, -0.25) is 0 Å². The summed E-state index contributed by atoms with van der Waals surface area (Å²) in [5.41, 5.74) is 8.64. The van der Waals surface area contributed by atoms with Gasteiger partial charge in [0.15, 0.2) is 12.4 Å². The highest BCUT2D eigenvalue weighted by atomic mass is 79.9. The summed E-state index contributed by atoms with van der Waals surface area (Å²) in [6, 6.07) is 13.0. The fourth-order valence-corrected chi connectivity index (χ4v) is 2.37. The Morgan fingerprint density at radius 3 is 2.43 bits per heavy atom. The molecule has 2 rings (SSSR count). The smallest absolute Gasteiger partial charge is 0.372 e. The van der Waals surface area contributed by atoms with Crippen LogP contribution in [0.1, 0.15) is 16.7 Å². The summed E-state index contributed by atoms with van der Waals surface area (Å²) >= 11 is 3.37. The average Bonchev–Trinajstić information content (AvgIpc) is 2.52. The fourth-order valence-electron chi connectivity index (χ4n) is 1.76. The average molecular weight is 377 g/mol. The number of aryl methyl sites for hydroxylation is 2. The maximum absolute atomic E-state index is 11.7. The van der Waals surface area contributed by atoms with Gasteiger partial charge < -0.3 is 15.3 Å². The van der Waals surface area contributed by atoms with Crippen molar-refractivity contribution in [1.29, 1.82) is 0 Å². The van der Waals surface area contributed by atoms with Crippen LogP contribution in [0.25, 0.3) is 0 Å². The minimum Gasteiger partial charge on any atom is -0.481 e. The van der Waals surface area contributed by atoms with Crippen molar-refractivity contribution in [1.82, 2.24) is 0 Å². The maximum Gasteiger partial charge on any atom is 0.372 e. The van der Waals surface area contributed by atoms with Crippen LogP contribution < -0.4 is 10.5 Å². The number of nitrogens with zero attached hydrogens (tertiary/aromatic N) is 1. The molecule has 0 radical (unpaired) electrons. The van der Waals surface area contributed by atoms with E-state index in [-0.39, 0.29) is 12.4 Å². The van der Waals surface area contributed by atoms with Crippen LogP contribution in [-0.4, -0.2) is 18.4 Å². The molecule has 0 aliphatic rings. The van der Waals surface area contributed by atoms with Gasteiger partial charge in [-0.2, -0.15) is 0 Å². The quantitative estimate of drug-likeness (QED) is 0.376. The molecular formula is C17H17BrN2O3. The van der Waals surface area contributed by atoms with Crippen molar-refractivity contribution >= 4 is 27.7 Å². The molecule has 0 saturated carbocycles. The predicted molar refractivity (Wildman–Crippen MR) is 92.4 cm³/mol. The Morgan fingerprint density at radius 1 is 1.13 bits per heavy atom. The van der Waals surface area contributed by atoms with Gasteiger partial charge in [0.1, 0.15) is 5.75 Å². The van der Waals surface area contributed by atoms with Gasteiger partial charge in [0.25, 0.3) is 0 Å². The van der Waals surface area contributed by atoms with E-state index in [1.165, 1.54) is 0 Å². The lowest BCUT2D eigenvalue weighted by Gasteiger charge is -2.07. The van der Waals surface area contributed by atoms with Gasteiger partial charge in [-0.25, -0.2) is 4.79 Å². The molecule has 0 amide bonds. The van der Waals surface area contributed by atoms with Crippen molar-refractivity contribution in [2.75, 3.05) is 6.61 Å². The van der Waals surface area contributed by atoms with Crippen LogP contribution in [0.15, 0.2) is 52.1 Å². The van der Waals surface area contributed by atoms with E-state index in [1.54, 1.807) is 6.07 Å². The summed E-state index contributed by atoms with van der Waals surface area (Å²) in [5.74, 6) is 0.0606. The molecule has 0 saturated heterocycles. The number of halogens is 1. The Hall–Kier alpha value is -2.34. The van der Waals surface area contributed by atoms with E-state index in [2.05, 4.69) is 21.1 Å². The zero-order chi connectivity index (χ0) is 16.8. The highest BCUT2D eigenvalue weighted by Crippen LogP contribution is 2.25. The summed E-state index contributed by atoms with van der Waals surface area (Å²) < 4.78 is 6.15. The summed E-state index contributed by atoms with van der Waals surface area (Å²) in [6.45, 7) is 3.68. The van der Waals surface area contributed by atoms with Crippen LogP contribution in [0.2, 0.25) is 0 Å². The van der Waals surface area contributed by atoms with Gasteiger partial charge in [0.05, 0.1) is 4.47 Å². The Labute approximate surface area is 143 Å². The second kappa shape index (κ2) is 7.78. The van der Waals surface area contributed by atoms with E-state index in [9.17, 15) is 4.79 Å². The third-order valence-corrected chi connectivity index (χ3v) is 3.65. The van der Waals surface area contributed by atoms with E-state index in [4.69, 9.17) is 15.3 Å². The molecule has 5 nitrogen and oxygen atoms in total. The number of benzene rings is 2. The highest BCUT2D eigenvalue weighted by molar-refractivity contribution is 9.10. The number of rotatable bonds is 5. The van der Waals surface area contributed by atoms with E-state index in [0.29, 0.717) is 11.3 Å². The summed E-state index contributed by atoms with van der Waals surface area (Å²) in [7, 11) is 0.